The van der Waals surface area contributed by atoms with Crippen molar-refractivity contribution in [1.29, 1.82) is 5.26 Å². The van der Waals surface area contributed by atoms with Crippen LogP contribution in [0.1, 0.15) is 29.8 Å². The molecule has 6 rings (SSSR count). The third kappa shape index (κ3) is 4.92. The predicted octanol–water partition coefficient (Wildman–Crippen LogP) is 6.58. The van der Waals surface area contributed by atoms with Gasteiger partial charge in [-0.15, -0.1) is 0 Å². The highest BCUT2D eigenvalue weighted by molar-refractivity contribution is 6.00. The van der Waals surface area contributed by atoms with E-state index < -0.39 is 0 Å². The van der Waals surface area contributed by atoms with Crippen molar-refractivity contribution in [2.75, 3.05) is 25.1 Å². The summed E-state index contributed by atoms with van der Waals surface area (Å²) in [6, 6.07) is 28.0. The summed E-state index contributed by atoms with van der Waals surface area (Å²) in [5.41, 5.74) is 7.12. The Labute approximate surface area is 245 Å². The van der Waals surface area contributed by atoms with Gasteiger partial charge in [-0.3, -0.25) is 14.8 Å². The van der Waals surface area contributed by atoms with E-state index in [1.807, 2.05) is 59.6 Å². The van der Waals surface area contributed by atoms with E-state index in [1.165, 1.54) is 0 Å². The number of ether oxygens (including phenoxy) is 1. The number of methoxy groups -OCH3 is 1. The van der Waals surface area contributed by atoms with E-state index in [0.717, 1.165) is 57.7 Å². The van der Waals surface area contributed by atoms with Gasteiger partial charge in [0.25, 0.3) is 5.91 Å². The molecule has 2 aromatic heterocycles. The fourth-order valence-electron chi connectivity index (χ4n) is 6.01. The standard InChI is InChI=1S/C35H31N5O2/c1-23-21-39(22-24(2)40(23)35(41)28-6-5-17-37-19-28)29-15-13-27(14-16-29)32-20-38-33-30(7-4-8-31(33)34(32)42-3)26-11-9-25(18-36)10-12-26/h4-17,19-20,23-24H,21-22H2,1-3H3/t23-,24?/m1/s1. The van der Waals surface area contributed by atoms with Crippen molar-refractivity contribution in [2.24, 2.45) is 0 Å². The Bertz CT molecular complexity index is 1770. The molecule has 208 valence electrons. The van der Waals surface area contributed by atoms with Crippen molar-refractivity contribution in [1.82, 2.24) is 14.9 Å². The number of benzene rings is 3. The maximum absolute atomic E-state index is 13.2. The maximum atomic E-state index is 13.2. The second-order valence-electron chi connectivity index (χ2n) is 10.7. The lowest BCUT2D eigenvalue weighted by atomic mass is 9.97. The molecule has 1 saturated heterocycles. The molecule has 7 heteroatoms. The third-order valence-electron chi connectivity index (χ3n) is 7.98. The normalized spacial score (nSPS) is 16.7. The Morgan fingerprint density at radius 1 is 0.881 bits per heavy atom. The largest absolute Gasteiger partial charge is 0.495 e. The summed E-state index contributed by atoms with van der Waals surface area (Å²) in [4.78, 5) is 26.5. The molecule has 5 aromatic rings. The first-order valence-corrected chi connectivity index (χ1v) is 14.0. The van der Waals surface area contributed by atoms with Crippen LogP contribution in [0.3, 0.4) is 0 Å². The van der Waals surface area contributed by atoms with E-state index in [1.54, 1.807) is 25.6 Å². The third-order valence-corrected chi connectivity index (χ3v) is 7.98. The summed E-state index contributed by atoms with van der Waals surface area (Å²) in [6.07, 6.45) is 5.19. The minimum Gasteiger partial charge on any atom is -0.495 e. The van der Waals surface area contributed by atoms with Crippen LogP contribution in [0.2, 0.25) is 0 Å². The number of rotatable bonds is 5. The molecule has 0 radical (unpaired) electrons. The van der Waals surface area contributed by atoms with Gasteiger partial charge in [-0.1, -0.05) is 36.4 Å². The smallest absolute Gasteiger partial charge is 0.256 e. The van der Waals surface area contributed by atoms with Gasteiger partial charge in [0.05, 0.1) is 29.8 Å². The van der Waals surface area contributed by atoms with Gasteiger partial charge in [-0.05, 0) is 67.4 Å². The monoisotopic (exact) mass is 553 g/mol. The van der Waals surface area contributed by atoms with E-state index >= 15 is 0 Å². The summed E-state index contributed by atoms with van der Waals surface area (Å²) in [5, 5.41) is 10.1. The lowest BCUT2D eigenvalue weighted by molar-refractivity contribution is 0.0574. The molecule has 1 amide bonds. The van der Waals surface area contributed by atoms with Gasteiger partial charge >= 0.3 is 0 Å². The Kier molecular flexibility index (Phi) is 7.28. The summed E-state index contributed by atoms with van der Waals surface area (Å²) < 4.78 is 5.95. The number of anilines is 1. The van der Waals surface area contributed by atoms with Crippen molar-refractivity contribution < 1.29 is 9.53 Å². The van der Waals surface area contributed by atoms with Crippen LogP contribution in [-0.4, -0.2) is 53.1 Å². The Morgan fingerprint density at radius 2 is 1.57 bits per heavy atom. The zero-order chi connectivity index (χ0) is 29.2. The molecule has 3 aromatic carbocycles. The Morgan fingerprint density at radius 3 is 2.21 bits per heavy atom. The number of hydrogen-bond acceptors (Lipinski definition) is 6. The van der Waals surface area contributed by atoms with Crippen molar-refractivity contribution in [3.63, 3.8) is 0 Å². The van der Waals surface area contributed by atoms with Crippen molar-refractivity contribution in [2.45, 2.75) is 25.9 Å². The predicted molar refractivity (Wildman–Crippen MR) is 165 cm³/mol. The molecule has 1 aliphatic heterocycles. The first kappa shape index (κ1) is 27.0. The van der Waals surface area contributed by atoms with Crippen LogP contribution in [0.5, 0.6) is 5.75 Å². The second kappa shape index (κ2) is 11.3. The minimum absolute atomic E-state index is 0.0244. The molecule has 1 unspecified atom stereocenters. The summed E-state index contributed by atoms with van der Waals surface area (Å²) in [7, 11) is 1.69. The molecule has 0 bridgehead atoms. The highest BCUT2D eigenvalue weighted by Gasteiger charge is 2.33. The topological polar surface area (TPSA) is 82.3 Å². The minimum atomic E-state index is 0.0244. The molecule has 42 heavy (non-hydrogen) atoms. The zero-order valence-electron chi connectivity index (χ0n) is 23.9. The molecule has 0 aliphatic carbocycles. The van der Waals surface area contributed by atoms with Crippen LogP contribution in [0.4, 0.5) is 5.69 Å². The number of fused-ring (bicyclic) bond motifs is 1. The fraction of sp³-hybridized carbons (Fsp3) is 0.200. The maximum Gasteiger partial charge on any atom is 0.256 e. The molecule has 1 fully saturated rings. The number of nitrogens with zero attached hydrogens (tertiary/aromatic N) is 5. The Balaban J connectivity index is 1.26. The van der Waals surface area contributed by atoms with Gasteiger partial charge in [-0.25, -0.2) is 0 Å². The number of piperazine rings is 1. The van der Waals surface area contributed by atoms with E-state index in [0.29, 0.717) is 11.1 Å². The van der Waals surface area contributed by atoms with Gasteiger partial charge in [0.1, 0.15) is 5.75 Å². The number of para-hydroxylation sites is 1. The molecule has 3 heterocycles. The van der Waals surface area contributed by atoms with Crippen LogP contribution in [-0.2, 0) is 0 Å². The number of carbonyl (C=O) groups excluding carboxylic acids is 1. The lowest BCUT2D eigenvalue weighted by Crippen LogP contribution is -2.58. The fourth-order valence-corrected chi connectivity index (χ4v) is 6.01. The van der Waals surface area contributed by atoms with E-state index in [4.69, 9.17) is 15.0 Å². The van der Waals surface area contributed by atoms with Crippen LogP contribution >= 0.6 is 0 Å². The lowest BCUT2D eigenvalue weighted by Gasteiger charge is -2.45. The van der Waals surface area contributed by atoms with Gasteiger partial charge < -0.3 is 14.5 Å². The van der Waals surface area contributed by atoms with Crippen molar-refractivity contribution >= 4 is 22.5 Å². The highest BCUT2D eigenvalue weighted by Crippen LogP contribution is 2.39. The molecule has 0 N–H and O–H groups in total. The second-order valence-corrected chi connectivity index (χ2v) is 10.7. The molecule has 7 nitrogen and oxygen atoms in total. The summed E-state index contributed by atoms with van der Waals surface area (Å²) >= 11 is 0. The number of hydrogen-bond donors (Lipinski definition) is 0. The summed E-state index contributed by atoms with van der Waals surface area (Å²) in [5.74, 6) is 0.796. The number of carbonyl (C=O) groups is 1. The average molecular weight is 554 g/mol. The van der Waals surface area contributed by atoms with Gasteiger partial charge in [0.15, 0.2) is 0 Å². The summed E-state index contributed by atoms with van der Waals surface area (Å²) in [6.45, 7) is 5.69. The van der Waals surface area contributed by atoms with Crippen LogP contribution < -0.4 is 9.64 Å². The van der Waals surface area contributed by atoms with E-state index in [-0.39, 0.29) is 18.0 Å². The van der Waals surface area contributed by atoms with Crippen molar-refractivity contribution in [3.05, 3.63) is 109 Å². The molecule has 0 saturated carbocycles. The average Bonchev–Trinajstić information content (AvgIpc) is 3.04. The van der Waals surface area contributed by atoms with Crippen LogP contribution in [0.15, 0.2) is 97.5 Å². The van der Waals surface area contributed by atoms with Crippen molar-refractivity contribution in [3.8, 4) is 34.1 Å². The van der Waals surface area contributed by atoms with Crippen LogP contribution in [0, 0.1) is 11.3 Å². The van der Waals surface area contributed by atoms with E-state index in [9.17, 15) is 4.79 Å². The van der Waals surface area contributed by atoms with Gasteiger partial charge in [-0.2, -0.15) is 5.26 Å². The van der Waals surface area contributed by atoms with Gasteiger partial charge in [0.2, 0.25) is 0 Å². The molecular formula is C35H31N5O2. The Hall–Kier alpha value is -5.22. The molecule has 0 spiro atoms. The number of aromatic nitrogens is 2. The number of amides is 1. The first-order chi connectivity index (χ1) is 20.5. The quantitative estimate of drug-likeness (QED) is 0.244. The molecular weight excluding hydrogens is 522 g/mol. The van der Waals surface area contributed by atoms with E-state index in [2.05, 4.69) is 54.1 Å². The number of nitriles is 1. The highest BCUT2D eigenvalue weighted by atomic mass is 16.5. The molecule has 2 atom stereocenters. The SMILES string of the molecule is COc1c(-c2ccc(N3CC(C)N(C(=O)c4cccnc4)[C@H](C)C3)cc2)cnc2c(-c3ccc(C#N)cc3)cccc12. The van der Waals surface area contributed by atoms with Crippen LogP contribution in [0.25, 0.3) is 33.2 Å². The molecule has 1 aliphatic rings. The number of pyridine rings is 2. The zero-order valence-corrected chi connectivity index (χ0v) is 23.9. The van der Waals surface area contributed by atoms with Gasteiger partial charge in [0, 0.05) is 66.0 Å². The first-order valence-electron chi connectivity index (χ1n) is 14.0.